The molecule has 0 aromatic heterocycles. The zero-order chi connectivity index (χ0) is 9.78. The molecule has 2 radical (unpaired) electrons. The Balaban J connectivity index is 2.76. The third-order valence-corrected chi connectivity index (χ3v) is 1.20. The first kappa shape index (κ1) is 12.8. The second-order valence-corrected chi connectivity index (χ2v) is 2.25. The van der Waals surface area contributed by atoms with Crippen LogP contribution in [0.5, 0.6) is 0 Å². The van der Waals surface area contributed by atoms with Crippen LogP contribution in [-0.2, 0) is 24.4 Å². The van der Waals surface area contributed by atoms with E-state index in [0.29, 0.717) is 26.4 Å². The normalized spacial score (nSPS) is 10.6. The molecule has 0 aromatic carbocycles. The highest BCUT2D eigenvalue weighted by Gasteiger charge is 1.90. The van der Waals surface area contributed by atoms with Crippen molar-refractivity contribution in [3.8, 4) is 0 Å². The molecule has 0 saturated heterocycles. The maximum atomic E-state index is 9.92. The Morgan fingerprint density at radius 3 is 1.15 bits per heavy atom. The summed E-state index contributed by atoms with van der Waals surface area (Å²) in [6.07, 6.45) is 0. The summed E-state index contributed by atoms with van der Waals surface area (Å²) in [6, 6.07) is 0. The van der Waals surface area contributed by atoms with E-state index < -0.39 is 0 Å². The largest absolute Gasteiger partial charge is 0.377 e. The van der Waals surface area contributed by atoms with E-state index in [4.69, 9.17) is 14.2 Å². The van der Waals surface area contributed by atoms with Crippen molar-refractivity contribution in [1.29, 1.82) is 0 Å². The third kappa shape index (κ3) is 11.8. The molecule has 5 nitrogen and oxygen atoms in total. The average Bonchev–Trinajstić information content (AvgIpc) is 2.16. The smallest absolute Gasteiger partial charge is 0.106 e. The Kier molecular flexibility index (Phi) is 11.6. The van der Waals surface area contributed by atoms with Gasteiger partial charge in [-0.25, -0.2) is 10.2 Å². The minimum atomic E-state index is -0.216. The van der Waals surface area contributed by atoms with Crippen LogP contribution in [0.4, 0.5) is 0 Å². The van der Waals surface area contributed by atoms with Gasteiger partial charge < -0.3 is 14.2 Å². The van der Waals surface area contributed by atoms with E-state index in [9.17, 15) is 10.2 Å². The van der Waals surface area contributed by atoms with Crippen LogP contribution in [0, 0.1) is 0 Å². The summed E-state index contributed by atoms with van der Waals surface area (Å²) in [5, 5.41) is 19.8. The molecule has 0 N–H and O–H groups in total. The van der Waals surface area contributed by atoms with E-state index in [1.165, 1.54) is 0 Å². The van der Waals surface area contributed by atoms with Gasteiger partial charge in [0.2, 0.25) is 0 Å². The number of ether oxygens (including phenoxy) is 3. The number of rotatable bonds is 10. The van der Waals surface area contributed by atoms with Gasteiger partial charge in [0, 0.05) is 0 Å². The number of hydrogen-bond acceptors (Lipinski definition) is 3. The Hall–Kier alpha value is -0.200. The van der Waals surface area contributed by atoms with E-state index in [1.54, 1.807) is 0 Å². The standard InChI is InChI=1S/C8H16O5/c9-1-3-11-5-7-13-8-6-12-4-2-10/h1-8H2. The monoisotopic (exact) mass is 192 g/mol. The molecule has 78 valence electrons. The molecule has 0 atom stereocenters. The first-order chi connectivity index (χ1) is 6.41. The van der Waals surface area contributed by atoms with Gasteiger partial charge in [0.25, 0.3) is 0 Å². The van der Waals surface area contributed by atoms with Crippen molar-refractivity contribution in [3.05, 3.63) is 0 Å². The summed E-state index contributed by atoms with van der Waals surface area (Å²) in [7, 11) is 0. The van der Waals surface area contributed by atoms with Crippen molar-refractivity contribution in [2.45, 2.75) is 0 Å². The molecule has 0 unspecified atom stereocenters. The summed E-state index contributed by atoms with van der Waals surface area (Å²) in [6.45, 7) is 1.82. The maximum absolute atomic E-state index is 9.92. The predicted octanol–water partition coefficient (Wildman–Crippen LogP) is -0.103. The lowest BCUT2D eigenvalue weighted by Crippen LogP contribution is -2.11. The average molecular weight is 192 g/mol. The summed E-state index contributed by atoms with van der Waals surface area (Å²) < 4.78 is 14.8. The lowest BCUT2D eigenvalue weighted by molar-refractivity contribution is -0.00690. The van der Waals surface area contributed by atoms with Gasteiger partial charge in [-0.05, 0) is 0 Å². The molecule has 0 amide bonds. The molecule has 13 heavy (non-hydrogen) atoms. The fourth-order valence-corrected chi connectivity index (χ4v) is 0.660. The van der Waals surface area contributed by atoms with Gasteiger partial charge in [-0.15, -0.1) is 0 Å². The molecule has 5 heteroatoms. The quantitative estimate of drug-likeness (QED) is 0.454. The molecule has 0 saturated carbocycles. The van der Waals surface area contributed by atoms with Gasteiger partial charge in [0.05, 0.1) is 39.6 Å². The van der Waals surface area contributed by atoms with Gasteiger partial charge >= 0.3 is 0 Å². The third-order valence-electron chi connectivity index (χ3n) is 1.20. The fourth-order valence-electron chi connectivity index (χ4n) is 0.660. The van der Waals surface area contributed by atoms with Crippen molar-refractivity contribution in [2.24, 2.45) is 0 Å². The summed E-state index contributed by atoms with van der Waals surface area (Å²) in [5.74, 6) is 0. The van der Waals surface area contributed by atoms with Crippen molar-refractivity contribution >= 4 is 0 Å². The highest BCUT2D eigenvalue weighted by atomic mass is 16.5. The summed E-state index contributed by atoms with van der Waals surface area (Å²) in [4.78, 5) is 0. The first-order valence-corrected chi connectivity index (χ1v) is 4.31. The molecule has 0 aliphatic rings. The van der Waals surface area contributed by atoms with Gasteiger partial charge in [-0.1, -0.05) is 0 Å². The topological polar surface area (TPSA) is 67.5 Å². The molecular weight excluding hydrogens is 176 g/mol. The maximum Gasteiger partial charge on any atom is 0.106 e. The van der Waals surface area contributed by atoms with Crippen LogP contribution in [-0.4, -0.2) is 52.9 Å². The summed E-state index contributed by atoms with van der Waals surface area (Å²) >= 11 is 0. The molecular formula is C8H16O5. The lowest BCUT2D eigenvalue weighted by atomic mass is 10.7. The Morgan fingerprint density at radius 2 is 0.846 bits per heavy atom. The highest BCUT2D eigenvalue weighted by Crippen LogP contribution is 1.80. The van der Waals surface area contributed by atoms with Crippen LogP contribution in [0.15, 0.2) is 0 Å². The molecule has 0 fully saturated rings. The van der Waals surface area contributed by atoms with Crippen molar-refractivity contribution in [3.63, 3.8) is 0 Å². The molecule has 0 aliphatic carbocycles. The Morgan fingerprint density at radius 1 is 0.538 bits per heavy atom. The lowest BCUT2D eigenvalue weighted by Gasteiger charge is -2.04. The Bertz CT molecular complexity index is 78.6. The van der Waals surface area contributed by atoms with Crippen LogP contribution in [0.1, 0.15) is 0 Å². The minimum absolute atomic E-state index is 0.216. The Labute approximate surface area is 78.2 Å². The summed E-state index contributed by atoms with van der Waals surface area (Å²) in [5.41, 5.74) is 0. The SMILES string of the molecule is [O]CCOCCOCCOCC[O]. The van der Waals surface area contributed by atoms with Gasteiger partial charge in [0.1, 0.15) is 13.2 Å². The van der Waals surface area contributed by atoms with Crippen molar-refractivity contribution in [2.75, 3.05) is 52.9 Å². The van der Waals surface area contributed by atoms with Crippen molar-refractivity contribution < 1.29 is 24.4 Å². The second kappa shape index (κ2) is 11.8. The van der Waals surface area contributed by atoms with Crippen LogP contribution in [0.3, 0.4) is 0 Å². The molecule has 0 rings (SSSR count). The molecule has 0 spiro atoms. The fraction of sp³-hybridized carbons (Fsp3) is 1.00. The van der Waals surface area contributed by atoms with E-state index in [-0.39, 0.29) is 26.4 Å². The predicted molar refractivity (Wildman–Crippen MR) is 43.6 cm³/mol. The first-order valence-electron chi connectivity index (χ1n) is 4.31. The highest BCUT2D eigenvalue weighted by molar-refractivity contribution is 4.33. The number of hydrogen-bond donors (Lipinski definition) is 0. The van der Waals surface area contributed by atoms with Crippen LogP contribution in [0.2, 0.25) is 0 Å². The van der Waals surface area contributed by atoms with E-state index >= 15 is 0 Å². The molecule has 0 heterocycles. The van der Waals surface area contributed by atoms with Gasteiger partial charge in [-0.2, -0.15) is 0 Å². The van der Waals surface area contributed by atoms with Gasteiger partial charge in [-0.3, -0.25) is 0 Å². The van der Waals surface area contributed by atoms with E-state index in [1.807, 2.05) is 0 Å². The van der Waals surface area contributed by atoms with E-state index in [2.05, 4.69) is 0 Å². The second-order valence-electron chi connectivity index (χ2n) is 2.25. The van der Waals surface area contributed by atoms with Crippen LogP contribution < -0.4 is 0 Å². The zero-order valence-corrected chi connectivity index (χ0v) is 7.70. The molecule has 0 aromatic rings. The minimum Gasteiger partial charge on any atom is -0.377 e. The van der Waals surface area contributed by atoms with Crippen LogP contribution >= 0.6 is 0 Å². The van der Waals surface area contributed by atoms with Gasteiger partial charge in [0.15, 0.2) is 0 Å². The zero-order valence-electron chi connectivity index (χ0n) is 7.70. The van der Waals surface area contributed by atoms with Crippen LogP contribution in [0.25, 0.3) is 0 Å². The molecule has 0 aliphatic heterocycles. The molecule has 0 bridgehead atoms. The van der Waals surface area contributed by atoms with E-state index in [0.717, 1.165) is 0 Å². The van der Waals surface area contributed by atoms with Crippen molar-refractivity contribution in [1.82, 2.24) is 0 Å².